The molecule has 0 saturated carbocycles. The van der Waals surface area contributed by atoms with E-state index >= 15 is 0 Å². The van der Waals surface area contributed by atoms with Gasteiger partial charge in [0.25, 0.3) is 0 Å². The van der Waals surface area contributed by atoms with Crippen molar-refractivity contribution < 1.29 is 4.74 Å². The highest BCUT2D eigenvalue weighted by molar-refractivity contribution is 7.11. The topological polar surface area (TPSA) is 48.1 Å². The molecule has 2 N–H and O–H groups in total. The molecule has 3 nitrogen and oxygen atoms in total. The SMILES string of the molecule is NCc1ccc(COc2cncc(Cl)c2)s1. The summed E-state index contributed by atoms with van der Waals surface area (Å²) in [4.78, 5) is 6.24. The second kappa shape index (κ2) is 5.30. The molecule has 16 heavy (non-hydrogen) atoms. The molecule has 0 spiro atoms. The molecule has 0 aliphatic carbocycles. The van der Waals surface area contributed by atoms with E-state index in [-0.39, 0.29) is 0 Å². The summed E-state index contributed by atoms with van der Waals surface area (Å²) in [5.41, 5.74) is 5.53. The molecule has 0 amide bonds. The third-order valence-electron chi connectivity index (χ3n) is 1.98. The van der Waals surface area contributed by atoms with Crippen LogP contribution in [-0.2, 0) is 13.2 Å². The smallest absolute Gasteiger partial charge is 0.139 e. The van der Waals surface area contributed by atoms with Crippen LogP contribution in [-0.4, -0.2) is 4.98 Å². The molecule has 2 heterocycles. The van der Waals surface area contributed by atoms with Gasteiger partial charge in [0.05, 0.1) is 11.2 Å². The summed E-state index contributed by atoms with van der Waals surface area (Å²) in [6, 6.07) is 5.77. The van der Waals surface area contributed by atoms with Crippen LogP contribution in [0.15, 0.2) is 30.6 Å². The van der Waals surface area contributed by atoms with Gasteiger partial charge in [0.1, 0.15) is 12.4 Å². The lowest BCUT2D eigenvalue weighted by atomic mass is 10.4. The molecular formula is C11H11ClN2OS. The van der Waals surface area contributed by atoms with E-state index in [4.69, 9.17) is 22.1 Å². The molecule has 0 unspecified atom stereocenters. The molecule has 2 aromatic heterocycles. The number of ether oxygens (including phenoxy) is 1. The van der Waals surface area contributed by atoms with Gasteiger partial charge in [-0.15, -0.1) is 11.3 Å². The highest BCUT2D eigenvalue weighted by atomic mass is 35.5. The van der Waals surface area contributed by atoms with Crippen LogP contribution >= 0.6 is 22.9 Å². The Morgan fingerprint density at radius 3 is 2.81 bits per heavy atom. The largest absolute Gasteiger partial charge is 0.486 e. The van der Waals surface area contributed by atoms with Crippen molar-refractivity contribution in [2.45, 2.75) is 13.2 Å². The normalized spacial score (nSPS) is 10.4. The van der Waals surface area contributed by atoms with Gasteiger partial charge in [0, 0.05) is 28.6 Å². The number of pyridine rings is 1. The minimum atomic E-state index is 0.521. The maximum absolute atomic E-state index is 5.80. The zero-order valence-electron chi connectivity index (χ0n) is 8.52. The van der Waals surface area contributed by atoms with E-state index in [0.717, 1.165) is 9.75 Å². The van der Waals surface area contributed by atoms with Crippen LogP contribution in [0.4, 0.5) is 0 Å². The highest BCUT2D eigenvalue weighted by Gasteiger charge is 2.01. The molecule has 0 aromatic carbocycles. The fourth-order valence-electron chi connectivity index (χ4n) is 1.24. The van der Waals surface area contributed by atoms with Gasteiger partial charge < -0.3 is 10.5 Å². The summed E-state index contributed by atoms with van der Waals surface area (Å²) < 4.78 is 5.55. The number of rotatable bonds is 4. The van der Waals surface area contributed by atoms with Gasteiger partial charge in [-0.3, -0.25) is 4.98 Å². The predicted molar refractivity (Wildman–Crippen MR) is 65.8 cm³/mol. The summed E-state index contributed by atoms with van der Waals surface area (Å²) in [7, 11) is 0. The van der Waals surface area contributed by atoms with Crippen molar-refractivity contribution in [3.8, 4) is 5.75 Å². The van der Waals surface area contributed by atoms with E-state index in [0.29, 0.717) is 23.9 Å². The zero-order chi connectivity index (χ0) is 11.4. The third kappa shape index (κ3) is 2.95. The van der Waals surface area contributed by atoms with Crippen LogP contribution in [0.3, 0.4) is 0 Å². The Morgan fingerprint density at radius 1 is 1.31 bits per heavy atom. The first-order chi connectivity index (χ1) is 7.78. The minimum absolute atomic E-state index is 0.521. The Morgan fingerprint density at radius 2 is 2.12 bits per heavy atom. The van der Waals surface area contributed by atoms with Crippen LogP contribution in [0, 0.1) is 0 Å². The standard InChI is InChI=1S/C11H11ClN2OS/c12-8-3-9(6-14-5-8)15-7-11-2-1-10(4-13)16-11/h1-3,5-6H,4,7,13H2. The maximum atomic E-state index is 5.80. The van der Waals surface area contributed by atoms with Crippen molar-refractivity contribution in [1.82, 2.24) is 4.98 Å². The maximum Gasteiger partial charge on any atom is 0.139 e. The number of nitrogens with zero attached hydrogens (tertiary/aromatic N) is 1. The number of hydrogen-bond donors (Lipinski definition) is 1. The quantitative estimate of drug-likeness (QED) is 0.913. The first-order valence-corrected chi connectivity index (χ1v) is 5.98. The fraction of sp³-hybridized carbons (Fsp3) is 0.182. The molecule has 84 valence electrons. The highest BCUT2D eigenvalue weighted by Crippen LogP contribution is 2.20. The minimum Gasteiger partial charge on any atom is -0.486 e. The van der Waals surface area contributed by atoms with Crippen molar-refractivity contribution in [2.75, 3.05) is 0 Å². The molecule has 0 radical (unpaired) electrons. The molecule has 5 heteroatoms. The Balaban J connectivity index is 1.96. The number of thiophene rings is 1. The average Bonchev–Trinajstić information content (AvgIpc) is 2.74. The number of halogens is 1. The van der Waals surface area contributed by atoms with Gasteiger partial charge in [0.2, 0.25) is 0 Å². The summed E-state index contributed by atoms with van der Waals surface area (Å²) in [5, 5.41) is 0.575. The van der Waals surface area contributed by atoms with Crippen molar-refractivity contribution in [3.63, 3.8) is 0 Å². The van der Waals surface area contributed by atoms with Gasteiger partial charge in [0.15, 0.2) is 0 Å². The number of aromatic nitrogens is 1. The Kier molecular flexibility index (Phi) is 3.77. The lowest BCUT2D eigenvalue weighted by Crippen LogP contribution is -1.93. The van der Waals surface area contributed by atoms with Crippen molar-refractivity contribution >= 4 is 22.9 Å². The van der Waals surface area contributed by atoms with Crippen LogP contribution in [0.2, 0.25) is 5.02 Å². The number of hydrogen-bond acceptors (Lipinski definition) is 4. The Hall–Kier alpha value is -1.10. The van der Waals surface area contributed by atoms with E-state index in [1.165, 1.54) is 0 Å². The summed E-state index contributed by atoms with van der Waals surface area (Å²) in [5.74, 6) is 0.676. The van der Waals surface area contributed by atoms with E-state index in [2.05, 4.69) is 4.98 Å². The molecule has 2 rings (SSSR count). The first kappa shape index (κ1) is 11.4. The lowest BCUT2D eigenvalue weighted by Gasteiger charge is -2.03. The van der Waals surface area contributed by atoms with Crippen LogP contribution < -0.4 is 10.5 Å². The molecule has 0 fully saturated rings. The summed E-state index contributed by atoms with van der Waals surface area (Å²) >= 11 is 7.45. The monoisotopic (exact) mass is 254 g/mol. The van der Waals surface area contributed by atoms with Crippen LogP contribution in [0.25, 0.3) is 0 Å². The summed E-state index contributed by atoms with van der Waals surface area (Å²) in [6.45, 7) is 1.09. The van der Waals surface area contributed by atoms with E-state index < -0.39 is 0 Å². The number of nitrogens with two attached hydrogens (primary N) is 1. The van der Waals surface area contributed by atoms with Crippen LogP contribution in [0.5, 0.6) is 5.75 Å². The third-order valence-corrected chi connectivity index (χ3v) is 3.27. The van der Waals surface area contributed by atoms with Gasteiger partial charge in [-0.05, 0) is 12.1 Å². The van der Waals surface area contributed by atoms with E-state index in [1.807, 2.05) is 12.1 Å². The molecule has 0 atom stereocenters. The molecule has 0 aliphatic rings. The van der Waals surface area contributed by atoms with Gasteiger partial charge in [-0.2, -0.15) is 0 Å². The van der Waals surface area contributed by atoms with Gasteiger partial charge in [-0.1, -0.05) is 11.6 Å². The predicted octanol–water partition coefficient (Wildman–Crippen LogP) is 2.83. The van der Waals surface area contributed by atoms with Crippen molar-refractivity contribution in [2.24, 2.45) is 5.73 Å². The Bertz CT molecular complexity index is 473. The molecular weight excluding hydrogens is 244 g/mol. The van der Waals surface area contributed by atoms with E-state index in [1.54, 1.807) is 29.8 Å². The lowest BCUT2D eigenvalue weighted by molar-refractivity contribution is 0.308. The first-order valence-electron chi connectivity index (χ1n) is 4.79. The average molecular weight is 255 g/mol. The molecule has 0 saturated heterocycles. The van der Waals surface area contributed by atoms with Crippen molar-refractivity contribution in [3.05, 3.63) is 45.4 Å². The fourth-order valence-corrected chi connectivity index (χ4v) is 2.21. The molecule has 2 aromatic rings. The second-order valence-electron chi connectivity index (χ2n) is 3.20. The van der Waals surface area contributed by atoms with Gasteiger partial charge in [-0.25, -0.2) is 0 Å². The van der Waals surface area contributed by atoms with Crippen LogP contribution in [0.1, 0.15) is 9.75 Å². The van der Waals surface area contributed by atoms with Gasteiger partial charge >= 0.3 is 0 Å². The van der Waals surface area contributed by atoms with E-state index in [9.17, 15) is 0 Å². The molecule has 0 bridgehead atoms. The zero-order valence-corrected chi connectivity index (χ0v) is 10.1. The summed E-state index contributed by atoms with van der Waals surface area (Å²) in [6.07, 6.45) is 3.22. The molecule has 0 aliphatic heterocycles. The second-order valence-corrected chi connectivity index (χ2v) is 4.89. The van der Waals surface area contributed by atoms with Crippen molar-refractivity contribution in [1.29, 1.82) is 0 Å². The Labute approximate surface area is 103 Å².